The van der Waals surface area contributed by atoms with Gasteiger partial charge in [-0.25, -0.2) is 9.37 Å². The fourth-order valence-corrected chi connectivity index (χ4v) is 3.08. The second-order valence-corrected chi connectivity index (χ2v) is 6.60. The number of carbonyl (C=O) groups excluding carboxylic acids is 2. The number of hydrogen-bond donors (Lipinski definition) is 1. The van der Waals surface area contributed by atoms with Gasteiger partial charge in [0.15, 0.2) is 0 Å². The van der Waals surface area contributed by atoms with Gasteiger partial charge in [-0.2, -0.15) is 0 Å². The lowest BCUT2D eigenvalue weighted by atomic mass is 10.1. The molecule has 2 heterocycles. The van der Waals surface area contributed by atoms with Crippen molar-refractivity contribution in [3.63, 3.8) is 0 Å². The van der Waals surface area contributed by atoms with E-state index in [0.29, 0.717) is 31.6 Å². The number of hydrogen-bond acceptors (Lipinski definition) is 3. The maximum Gasteiger partial charge on any atom is 0.252 e. The monoisotopic (exact) mass is 380 g/mol. The van der Waals surface area contributed by atoms with Crippen LogP contribution in [0.15, 0.2) is 48.6 Å². The molecule has 6 nitrogen and oxygen atoms in total. The highest BCUT2D eigenvalue weighted by atomic mass is 19.1. The number of nitrogens with one attached hydrogen (secondary N) is 1. The molecule has 0 fully saturated rings. The second-order valence-electron chi connectivity index (χ2n) is 6.60. The average Bonchev–Trinajstić information content (AvgIpc) is 3.26. The van der Waals surface area contributed by atoms with Crippen molar-refractivity contribution in [2.45, 2.75) is 19.4 Å². The highest BCUT2D eigenvalue weighted by molar-refractivity contribution is 5.96. The summed E-state index contributed by atoms with van der Waals surface area (Å²) in [6, 6.07) is 3.46. The molecule has 1 aliphatic rings. The number of terminal acetylenes is 1. The Morgan fingerprint density at radius 2 is 2.25 bits per heavy atom. The summed E-state index contributed by atoms with van der Waals surface area (Å²) in [5, 5.41) is 2.77. The third-order valence-corrected chi connectivity index (χ3v) is 4.80. The molecule has 3 rings (SSSR count). The lowest BCUT2D eigenvalue weighted by Gasteiger charge is -2.29. The molecule has 1 atom stereocenters. The van der Waals surface area contributed by atoms with Crippen LogP contribution in [0.4, 0.5) is 4.39 Å². The van der Waals surface area contributed by atoms with Crippen molar-refractivity contribution in [2.75, 3.05) is 19.6 Å². The summed E-state index contributed by atoms with van der Waals surface area (Å²) in [7, 11) is 0. The van der Waals surface area contributed by atoms with Gasteiger partial charge in [0.05, 0.1) is 11.9 Å². The molecule has 0 saturated heterocycles. The normalized spacial score (nSPS) is 14.8. The van der Waals surface area contributed by atoms with Crippen molar-refractivity contribution in [3.05, 3.63) is 65.5 Å². The Morgan fingerprint density at radius 3 is 2.89 bits per heavy atom. The van der Waals surface area contributed by atoms with Crippen molar-refractivity contribution < 1.29 is 14.0 Å². The standard InChI is InChI=1S/C21H21FN4O2/c1-3-17-4-5-18(22)12-19(17)20(27)24-13-16-6-9-25(10-7-16)21(28)15(2)26-11-8-23-14-26/h1,4-6,8,11-12,14-15H,7,9-10,13H2,2H3,(H,24,27). The van der Waals surface area contributed by atoms with Crippen LogP contribution in [0.3, 0.4) is 0 Å². The minimum absolute atomic E-state index is 0.0239. The molecule has 0 bridgehead atoms. The van der Waals surface area contributed by atoms with Crippen LogP contribution in [0.25, 0.3) is 0 Å². The predicted octanol–water partition coefficient (Wildman–Crippen LogP) is 2.15. The van der Waals surface area contributed by atoms with Crippen LogP contribution < -0.4 is 5.32 Å². The smallest absolute Gasteiger partial charge is 0.252 e. The van der Waals surface area contributed by atoms with Gasteiger partial charge in [-0.1, -0.05) is 17.6 Å². The van der Waals surface area contributed by atoms with E-state index < -0.39 is 11.7 Å². The Hall–Kier alpha value is -3.40. The van der Waals surface area contributed by atoms with Gasteiger partial charge >= 0.3 is 0 Å². The maximum atomic E-state index is 13.4. The van der Waals surface area contributed by atoms with E-state index in [1.807, 2.05) is 13.0 Å². The Labute approximate surface area is 163 Å². The predicted molar refractivity (Wildman–Crippen MR) is 103 cm³/mol. The summed E-state index contributed by atoms with van der Waals surface area (Å²) in [5.74, 6) is 1.49. The van der Waals surface area contributed by atoms with Crippen molar-refractivity contribution in [3.8, 4) is 12.3 Å². The van der Waals surface area contributed by atoms with E-state index in [1.165, 1.54) is 12.1 Å². The third kappa shape index (κ3) is 4.29. The molecule has 0 saturated carbocycles. The Morgan fingerprint density at radius 1 is 1.43 bits per heavy atom. The summed E-state index contributed by atoms with van der Waals surface area (Å²) in [6.07, 6.45) is 13.0. The van der Waals surface area contributed by atoms with Crippen molar-refractivity contribution in [1.82, 2.24) is 19.8 Å². The molecule has 7 heteroatoms. The summed E-state index contributed by atoms with van der Waals surface area (Å²) < 4.78 is 15.2. The molecular weight excluding hydrogens is 359 g/mol. The number of aromatic nitrogens is 2. The Balaban J connectivity index is 1.56. The van der Waals surface area contributed by atoms with Crippen LogP contribution in [0.5, 0.6) is 0 Å². The minimum Gasteiger partial charge on any atom is -0.348 e. The topological polar surface area (TPSA) is 67.2 Å². The molecule has 1 unspecified atom stereocenters. The molecule has 1 aromatic carbocycles. The van der Waals surface area contributed by atoms with Gasteiger partial charge in [0.1, 0.15) is 11.9 Å². The van der Waals surface area contributed by atoms with E-state index in [4.69, 9.17) is 6.42 Å². The number of amides is 2. The first-order valence-electron chi connectivity index (χ1n) is 8.98. The average molecular weight is 380 g/mol. The maximum absolute atomic E-state index is 13.4. The molecule has 1 N–H and O–H groups in total. The van der Waals surface area contributed by atoms with Crippen LogP contribution in [-0.4, -0.2) is 45.9 Å². The number of carbonyl (C=O) groups is 2. The zero-order valence-electron chi connectivity index (χ0n) is 15.6. The van der Waals surface area contributed by atoms with E-state index in [1.54, 1.807) is 28.2 Å². The van der Waals surface area contributed by atoms with Crippen molar-refractivity contribution in [1.29, 1.82) is 0 Å². The molecule has 0 radical (unpaired) electrons. The third-order valence-electron chi connectivity index (χ3n) is 4.80. The van der Waals surface area contributed by atoms with Crippen molar-refractivity contribution >= 4 is 11.8 Å². The first-order valence-corrected chi connectivity index (χ1v) is 8.98. The lowest BCUT2D eigenvalue weighted by Crippen LogP contribution is -2.40. The first-order chi connectivity index (χ1) is 13.5. The highest BCUT2D eigenvalue weighted by Crippen LogP contribution is 2.16. The molecule has 144 valence electrons. The quantitative estimate of drug-likeness (QED) is 0.639. The molecule has 2 amide bonds. The second kappa shape index (κ2) is 8.53. The molecule has 0 spiro atoms. The molecule has 1 aromatic heterocycles. The van der Waals surface area contributed by atoms with Crippen LogP contribution in [0.1, 0.15) is 35.3 Å². The number of rotatable bonds is 5. The number of benzene rings is 1. The summed E-state index contributed by atoms with van der Waals surface area (Å²) in [5.41, 5.74) is 1.51. The summed E-state index contributed by atoms with van der Waals surface area (Å²) >= 11 is 0. The largest absolute Gasteiger partial charge is 0.348 e. The number of nitrogens with zero attached hydrogens (tertiary/aromatic N) is 3. The van der Waals surface area contributed by atoms with E-state index in [9.17, 15) is 14.0 Å². The van der Waals surface area contributed by atoms with Gasteiger partial charge in [0.2, 0.25) is 5.91 Å². The Bertz CT molecular complexity index is 944. The lowest BCUT2D eigenvalue weighted by molar-refractivity contribution is -0.134. The fourth-order valence-electron chi connectivity index (χ4n) is 3.08. The summed E-state index contributed by atoms with van der Waals surface area (Å²) in [6.45, 7) is 3.23. The number of halogens is 1. The van der Waals surface area contributed by atoms with Gasteiger partial charge in [-0.15, -0.1) is 6.42 Å². The minimum atomic E-state index is -0.512. The number of imidazole rings is 1. The van der Waals surface area contributed by atoms with E-state index in [2.05, 4.69) is 16.2 Å². The van der Waals surface area contributed by atoms with Gasteiger partial charge in [-0.3, -0.25) is 9.59 Å². The van der Waals surface area contributed by atoms with E-state index in [0.717, 1.165) is 11.6 Å². The van der Waals surface area contributed by atoms with Crippen molar-refractivity contribution in [2.24, 2.45) is 0 Å². The first kappa shape index (κ1) is 19.4. The van der Waals surface area contributed by atoms with Crippen LogP contribution in [-0.2, 0) is 4.79 Å². The van der Waals surface area contributed by atoms with E-state index >= 15 is 0 Å². The van der Waals surface area contributed by atoms with Gasteiger partial charge in [0.25, 0.3) is 5.91 Å². The van der Waals surface area contributed by atoms with Crippen LogP contribution in [0.2, 0.25) is 0 Å². The van der Waals surface area contributed by atoms with Gasteiger partial charge < -0.3 is 14.8 Å². The van der Waals surface area contributed by atoms with Gasteiger partial charge in [0, 0.05) is 37.6 Å². The van der Waals surface area contributed by atoms with E-state index in [-0.39, 0.29) is 17.5 Å². The highest BCUT2D eigenvalue weighted by Gasteiger charge is 2.23. The summed E-state index contributed by atoms with van der Waals surface area (Å²) in [4.78, 5) is 30.7. The van der Waals surface area contributed by atoms with Crippen LogP contribution >= 0.6 is 0 Å². The Kier molecular flexibility index (Phi) is 5.90. The molecule has 2 aromatic rings. The SMILES string of the molecule is C#Cc1ccc(F)cc1C(=O)NCC1=CCN(C(=O)C(C)n2ccnc2)CC1. The molecule has 0 aliphatic carbocycles. The molecular formula is C21H21FN4O2. The zero-order valence-corrected chi connectivity index (χ0v) is 15.6. The van der Waals surface area contributed by atoms with Gasteiger partial charge in [-0.05, 0) is 31.5 Å². The molecule has 1 aliphatic heterocycles. The zero-order chi connectivity index (χ0) is 20.1. The fraction of sp³-hybridized carbons (Fsp3) is 0.286. The van der Waals surface area contributed by atoms with Crippen LogP contribution in [0, 0.1) is 18.2 Å². The molecule has 28 heavy (non-hydrogen) atoms.